The first-order valence-electron chi connectivity index (χ1n) is 5.77. The van der Waals surface area contributed by atoms with Gasteiger partial charge in [-0.3, -0.25) is 10.1 Å². The summed E-state index contributed by atoms with van der Waals surface area (Å²) in [6.45, 7) is 3.69. The van der Waals surface area contributed by atoms with Crippen molar-refractivity contribution in [2.24, 2.45) is 0 Å². The molecule has 0 aliphatic rings. The molecule has 1 heterocycles. The first-order chi connectivity index (χ1) is 8.79. The Balaban J connectivity index is 3.19. The molecule has 1 rings (SSSR count). The molecule has 0 saturated carbocycles. The van der Waals surface area contributed by atoms with Crippen LogP contribution in [0.3, 0.4) is 0 Å². The van der Waals surface area contributed by atoms with Crippen molar-refractivity contribution in [2.75, 3.05) is 5.32 Å². The molecule has 0 saturated heterocycles. The van der Waals surface area contributed by atoms with Crippen molar-refractivity contribution in [1.29, 1.82) is 0 Å². The number of nitrogens with one attached hydrogen (secondary N) is 1. The summed E-state index contributed by atoms with van der Waals surface area (Å²) in [5.74, 6) is 0. The second kappa shape index (κ2) is 5.85. The Morgan fingerprint density at radius 3 is 2.42 bits per heavy atom. The summed E-state index contributed by atoms with van der Waals surface area (Å²) >= 11 is 0. The van der Waals surface area contributed by atoms with E-state index in [0.717, 1.165) is 0 Å². The third-order valence-corrected chi connectivity index (χ3v) is 2.72. The van der Waals surface area contributed by atoms with Gasteiger partial charge in [0.05, 0.1) is 4.92 Å². The van der Waals surface area contributed by atoms with E-state index >= 15 is 0 Å². The molecule has 0 amide bonds. The van der Waals surface area contributed by atoms with Crippen LogP contribution in [0.4, 0.5) is 24.5 Å². The van der Waals surface area contributed by atoms with Gasteiger partial charge in [-0.15, -0.1) is 0 Å². The van der Waals surface area contributed by atoms with E-state index in [1.807, 2.05) is 13.8 Å². The maximum absolute atomic E-state index is 12.5. The summed E-state index contributed by atoms with van der Waals surface area (Å²) in [6, 6.07) is 0.554. The minimum Gasteiger partial charge on any atom is -0.377 e. The van der Waals surface area contributed by atoms with Crippen molar-refractivity contribution in [2.45, 2.75) is 38.9 Å². The molecule has 0 aromatic carbocycles. The van der Waals surface area contributed by atoms with E-state index in [1.54, 1.807) is 0 Å². The van der Waals surface area contributed by atoms with Gasteiger partial charge in [0.15, 0.2) is 0 Å². The molecular weight excluding hydrogens is 263 g/mol. The fraction of sp³-hybridized carbons (Fsp3) is 0.545. The normalized spacial score (nSPS) is 11.7. The molecule has 106 valence electrons. The van der Waals surface area contributed by atoms with E-state index in [-0.39, 0.29) is 11.7 Å². The largest absolute Gasteiger partial charge is 0.433 e. The number of anilines is 1. The number of pyridine rings is 1. The number of hydrogen-bond acceptors (Lipinski definition) is 4. The molecule has 0 atom stereocenters. The standard InChI is InChI=1S/C11H14F3N3O2/c1-3-7(4-2)16-8-5-10(11(12,13)14)15-6-9(8)17(18)19/h5-7H,3-4H2,1-2H3,(H,15,16). The van der Waals surface area contributed by atoms with Gasteiger partial charge in [-0.25, -0.2) is 4.98 Å². The molecule has 8 heteroatoms. The molecule has 0 aliphatic carbocycles. The summed E-state index contributed by atoms with van der Waals surface area (Å²) in [5, 5.41) is 13.5. The number of hydrogen-bond donors (Lipinski definition) is 1. The summed E-state index contributed by atoms with van der Waals surface area (Å²) in [7, 11) is 0. The lowest BCUT2D eigenvalue weighted by molar-refractivity contribution is -0.384. The third kappa shape index (κ3) is 3.80. The minimum atomic E-state index is -4.63. The average Bonchev–Trinajstić information content (AvgIpc) is 2.34. The topological polar surface area (TPSA) is 68.1 Å². The van der Waals surface area contributed by atoms with Crippen LogP contribution in [0.15, 0.2) is 12.3 Å². The number of halogens is 3. The van der Waals surface area contributed by atoms with Gasteiger partial charge in [0, 0.05) is 6.04 Å². The highest BCUT2D eigenvalue weighted by Gasteiger charge is 2.34. The SMILES string of the molecule is CCC(CC)Nc1cc(C(F)(F)F)ncc1[N+](=O)[O-]. The van der Waals surface area contributed by atoms with Crippen LogP contribution in [0.2, 0.25) is 0 Å². The molecule has 1 aromatic rings. The summed E-state index contributed by atoms with van der Waals surface area (Å²) < 4.78 is 37.6. The molecule has 1 aromatic heterocycles. The molecule has 0 spiro atoms. The Hall–Kier alpha value is -1.86. The molecule has 0 radical (unpaired) electrons. The van der Waals surface area contributed by atoms with Crippen molar-refractivity contribution < 1.29 is 18.1 Å². The Kier molecular flexibility index (Phi) is 4.68. The van der Waals surface area contributed by atoms with Gasteiger partial charge >= 0.3 is 11.9 Å². The molecule has 19 heavy (non-hydrogen) atoms. The molecule has 1 N–H and O–H groups in total. The van der Waals surface area contributed by atoms with Crippen molar-refractivity contribution >= 4 is 11.4 Å². The molecule has 0 fully saturated rings. The van der Waals surface area contributed by atoms with E-state index < -0.39 is 22.5 Å². The molecule has 0 bridgehead atoms. The highest BCUT2D eigenvalue weighted by atomic mass is 19.4. The van der Waals surface area contributed by atoms with Crippen LogP contribution in [0.5, 0.6) is 0 Å². The van der Waals surface area contributed by atoms with Crippen LogP contribution >= 0.6 is 0 Å². The average molecular weight is 277 g/mol. The van der Waals surface area contributed by atoms with Gasteiger partial charge in [0.1, 0.15) is 17.6 Å². The number of aromatic nitrogens is 1. The monoisotopic (exact) mass is 277 g/mol. The van der Waals surface area contributed by atoms with Crippen LogP contribution in [0.1, 0.15) is 32.4 Å². The van der Waals surface area contributed by atoms with Gasteiger partial charge < -0.3 is 5.32 Å². The zero-order valence-corrected chi connectivity index (χ0v) is 10.5. The highest BCUT2D eigenvalue weighted by Crippen LogP contribution is 2.33. The lowest BCUT2D eigenvalue weighted by Crippen LogP contribution is -2.19. The van der Waals surface area contributed by atoms with E-state index in [9.17, 15) is 23.3 Å². The van der Waals surface area contributed by atoms with Crippen LogP contribution < -0.4 is 5.32 Å². The molecule has 0 aliphatic heterocycles. The quantitative estimate of drug-likeness (QED) is 0.659. The zero-order chi connectivity index (χ0) is 14.6. The van der Waals surface area contributed by atoms with Gasteiger partial charge in [0.25, 0.3) is 0 Å². The van der Waals surface area contributed by atoms with E-state index in [1.165, 1.54) is 0 Å². The number of rotatable bonds is 5. The second-order valence-electron chi connectivity index (χ2n) is 4.00. The van der Waals surface area contributed by atoms with E-state index in [0.29, 0.717) is 25.1 Å². The summed E-state index contributed by atoms with van der Waals surface area (Å²) in [6.07, 6.45) is -2.69. The smallest absolute Gasteiger partial charge is 0.377 e. The fourth-order valence-electron chi connectivity index (χ4n) is 1.58. The Morgan fingerprint density at radius 2 is 2.00 bits per heavy atom. The number of nitro groups is 1. The van der Waals surface area contributed by atoms with Crippen LogP contribution in [0, 0.1) is 10.1 Å². The van der Waals surface area contributed by atoms with Crippen LogP contribution in [0.25, 0.3) is 0 Å². The maximum Gasteiger partial charge on any atom is 0.433 e. The maximum atomic E-state index is 12.5. The lowest BCUT2D eigenvalue weighted by Gasteiger charge is -2.17. The van der Waals surface area contributed by atoms with Crippen molar-refractivity contribution in [3.8, 4) is 0 Å². The molecular formula is C11H14F3N3O2. The summed E-state index contributed by atoms with van der Waals surface area (Å²) in [4.78, 5) is 13.1. The minimum absolute atomic E-state index is 0.123. The Morgan fingerprint density at radius 1 is 1.42 bits per heavy atom. The first kappa shape index (κ1) is 15.2. The predicted molar refractivity (Wildman–Crippen MR) is 63.9 cm³/mol. The van der Waals surface area contributed by atoms with Gasteiger partial charge in [-0.1, -0.05) is 13.8 Å². The molecule has 0 unspecified atom stereocenters. The van der Waals surface area contributed by atoms with Crippen LogP contribution in [-0.4, -0.2) is 15.9 Å². The number of nitrogens with zero attached hydrogens (tertiary/aromatic N) is 2. The van der Waals surface area contributed by atoms with Gasteiger partial charge in [-0.05, 0) is 18.9 Å². The van der Waals surface area contributed by atoms with Crippen molar-refractivity contribution in [3.05, 3.63) is 28.1 Å². The number of alkyl halides is 3. The fourth-order valence-corrected chi connectivity index (χ4v) is 1.58. The van der Waals surface area contributed by atoms with Gasteiger partial charge in [-0.2, -0.15) is 13.2 Å². The first-order valence-corrected chi connectivity index (χ1v) is 5.77. The second-order valence-corrected chi connectivity index (χ2v) is 4.00. The third-order valence-electron chi connectivity index (χ3n) is 2.72. The van der Waals surface area contributed by atoms with E-state index in [2.05, 4.69) is 10.3 Å². The summed E-state index contributed by atoms with van der Waals surface area (Å²) in [5.41, 5.74) is -1.76. The lowest BCUT2D eigenvalue weighted by atomic mass is 10.1. The predicted octanol–water partition coefficient (Wildman–Crippen LogP) is 3.61. The zero-order valence-electron chi connectivity index (χ0n) is 10.5. The Labute approximate surface area is 108 Å². The van der Waals surface area contributed by atoms with Crippen LogP contribution in [-0.2, 0) is 6.18 Å². The Bertz CT molecular complexity index is 459. The van der Waals surface area contributed by atoms with Crippen molar-refractivity contribution in [3.63, 3.8) is 0 Å². The van der Waals surface area contributed by atoms with E-state index in [4.69, 9.17) is 0 Å². The molecule has 5 nitrogen and oxygen atoms in total. The van der Waals surface area contributed by atoms with Gasteiger partial charge in [0.2, 0.25) is 0 Å². The highest BCUT2D eigenvalue weighted by molar-refractivity contribution is 5.61. The van der Waals surface area contributed by atoms with Crippen molar-refractivity contribution in [1.82, 2.24) is 4.98 Å².